The molecule has 0 bridgehead atoms. The summed E-state index contributed by atoms with van der Waals surface area (Å²) in [5.41, 5.74) is 0.624. The molecule has 8 nitrogen and oxygen atoms in total. The van der Waals surface area contributed by atoms with E-state index in [0.717, 1.165) is 36.3 Å². The Kier molecular flexibility index (Phi) is 6.11. The van der Waals surface area contributed by atoms with Crippen LogP contribution < -0.4 is 14.8 Å². The van der Waals surface area contributed by atoms with Crippen LogP contribution in [0.1, 0.15) is 12.8 Å². The minimum Gasteiger partial charge on any atom is -0.457 e. The average Bonchev–Trinajstić information content (AvgIpc) is 3.29. The zero-order valence-electron chi connectivity index (χ0n) is 18.6. The SMILES string of the molecule is C=CC(=O)N1CCC[C@@H](Nc2n[nH]c3nccc(Oc4ccc(Oc5ccccc5)cc4)c23)C1. The summed E-state index contributed by atoms with van der Waals surface area (Å²) in [7, 11) is 0. The molecular formula is C26H25N5O3. The van der Waals surface area contributed by atoms with Crippen molar-refractivity contribution in [2.45, 2.75) is 18.9 Å². The van der Waals surface area contributed by atoms with Gasteiger partial charge in [0.1, 0.15) is 28.4 Å². The lowest BCUT2D eigenvalue weighted by Gasteiger charge is -2.32. The molecule has 34 heavy (non-hydrogen) atoms. The fraction of sp³-hybridized carbons (Fsp3) is 0.192. The summed E-state index contributed by atoms with van der Waals surface area (Å²) in [6, 6.07) is 19.0. The molecule has 2 aromatic heterocycles. The Hall–Kier alpha value is -4.33. The van der Waals surface area contributed by atoms with E-state index in [9.17, 15) is 4.79 Å². The maximum absolute atomic E-state index is 12.0. The number of piperidine rings is 1. The summed E-state index contributed by atoms with van der Waals surface area (Å²) in [5, 5.41) is 11.6. The van der Waals surface area contributed by atoms with Crippen LogP contribution in [0.2, 0.25) is 0 Å². The van der Waals surface area contributed by atoms with E-state index in [2.05, 4.69) is 27.1 Å². The smallest absolute Gasteiger partial charge is 0.246 e. The van der Waals surface area contributed by atoms with Crippen molar-refractivity contribution in [1.29, 1.82) is 0 Å². The molecule has 0 radical (unpaired) electrons. The molecule has 4 aromatic rings. The number of anilines is 1. The van der Waals surface area contributed by atoms with Gasteiger partial charge in [-0.1, -0.05) is 24.8 Å². The van der Waals surface area contributed by atoms with Crippen LogP contribution in [0.15, 0.2) is 79.5 Å². The van der Waals surface area contributed by atoms with Crippen LogP contribution in [-0.2, 0) is 4.79 Å². The van der Waals surface area contributed by atoms with Crippen molar-refractivity contribution in [2.24, 2.45) is 0 Å². The molecule has 8 heteroatoms. The number of nitrogens with zero attached hydrogens (tertiary/aromatic N) is 3. The number of rotatable bonds is 7. The number of fused-ring (bicyclic) bond motifs is 1. The van der Waals surface area contributed by atoms with Gasteiger partial charge in [0.05, 0.1) is 0 Å². The number of likely N-dealkylation sites (tertiary alicyclic amines) is 1. The number of aromatic amines is 1. The van der Waals surface area contributed by atoms with E-state index >= 15 is 0 Å². The molecule has 0 saturated carbocycles. The van der Waals surface area contributed by atoms with Crippen molar-refractivity contribution in [1.82, 2.24) is 20.1 Å². The first-order valence-corrected chi connectivity index (χ1v) is 11.2. The second-order valence-electron chi connectivity index (χ2n) is 8.07. The van der Waals surface area contributed by atoms with Crippen molar-refractivity contribution in [2.75, 3.05) is 18.4 Å². The van der Waals surface area contributed by atoms with Gasteiger partial charge in [-0.3, -0.25) is 9.89 Å². The lowest BCUT2D eigenvalue weighted by atomic mass is 10.1. The Labute approximate surface area is 197 Å². The molecule has 1 aliphatic heterocycles. The first kappa shape index (κ1) is 21.5. The van der Waals surface area contributed by atoms with Crippen molar-refractivity contribution >= 4 is 22.8 Å². The third kappa shape index (κ3) is 4.71. The molecule has 5 rings (SSSR count). The largest absolute Gasteiger partial charge is 0.457 e. The number of ether oxygens (including phenoxy) is 2. The van der Waals surface area contributed by atoms with E-state index in [1.807, 2.05) is 60.7 Å². The Morgan fingerprint density at radius 3 is 2.56 bits per heavy atom. The third-order valence-corrected chi connectivity index (χ3v) is 5.70. The molecule has 2 N–H and O–H groups in total. The minimum absolute atomic E-state index is 0.0521. The van der Waals surface area contributed by atoms with E-state index in [0.29, 0.717) is 29.5 Å². The predicted octanol–water partition coefficient (Wildman–Crippen LogP) is 5.13. The number of hydrogen-bond donors (Lipinski definition) is 2. The highest BCUT2D eigenvalue weighted by atomic mass is 16.5. The van der Waals surface area contributed by atoms with Gasteiger partial charge in [-0.05, 0) is 55.3 Å². The van der Waals surface area contributed by atoms with Crippen LogP contribution in [0.5, 0.6) is 23.0 Å². The highest BCUT2D eigenvalue weighted by molar-refractivity contribution is 5.93. The Morgan fingerprint density at radius 1 is 1.06 bits per heavy atom. The van der Waals surface area contributed by atoms with Gasteiger partial charge in [-0.2, -0.15) is 5.10 Å². The summed E-state index contributed by atoms with van der Waals surface area (Å²) in [6.45, 7) is 4.93. The Balaban J connectivity index is 1.33. The highest BCUT2D eigenvalue weighted by Crippen LogP contribution is 2.34. The molecule has 2 aromatic carbocycles. The van der Waals surface area contributed by atoms with Crippen molar-refractivity contribution in [3.8, 4) is 23.0 Å². The van der Waals surface area contributed by atoms with Crippen molar-refractivity contribution in [3.05, 3.63) is 79.5 Å². The Morgan fingerprint density at radius 2 is 1.79 bits per heavy atom. The maximum atomic E-state index is 12.0. The number of hydrogen-bond acceptors (Lipinski definition) is 6. The molecule has 1 aliphatic rings. The molecule has 0 aliphatic carbocycles. The molecule has 0 unspecified atom stereocenters. The monoisotopic (exact) mass is 455 g/mol. The van der Waals surface area contributed by atoms with Gasteiger partial charge in [0.2, 0.25) is 5.91 Å². The van der Waals surface area contributed by atoms with Gasteiger partial charge in [-0.15, -0.1) is 0 Å². The minimum atomic E-state index is -0.0521. The van der Waals surface area contributed by atoms with Crippen LogP contribution in [0.25, 0.3) is 11.0 Å². The van der Waals surface area contributed by atoms with Gasteiger partial charge >= 0.3 is 0 Å². The summed E-state index contributed by atoms with van der Waals surface area (Å²) in [4.78, 5) is 18.2. The summed E-state index contributed by atoms with van der Waals surface area (Å²) in [5.74, 6) is 3.40. The maximum Gasteiger partial charge on any atom is 0.246 e. The van der Waals surface area contributed by atoms with Crippen molar-refractivity contribution < 1.29 is 14.3 Å². The summed E-state index contributed by atoms with van der Waals surface area (Å²) in [6.07, 6.45) is 4.89. The zero-order chi connectivity index (χ0) is 23.3. The number of amides is 1. The van der Waals surface area contributed by atoms with Gasteiger partial charge in [-0.25, -0.2) is 4.98 Å². The van der Waals surface area contributed by atoms with Gasteiger partial charge < -0.3 is 19.7 Å². The normalized spacial score (nSPS) is 15.6. The van der Waals surface area contributed by atoms with Crippen molar-refractivity contribution in [3.63, 3.8) is 0 Å². The van der Waals surface area contributed by atoms with E-state index in [4.69, 9.17) is 9.47 Å². The number of aromatic nitrogens is 3. The van der Waals surface area contributed by atoms with E-state index in [1.165, 1.54) is 6.08 Å². The summed E-state index contributed by atoms with van der Waals surface area (Å²) < 4.78 is 12.0. The lowest BCUT2D eigenvalue weighted by molar-refractivity contribution is -0.127. The van der Waals surface area contributed by atoms with Crippen LogP contribution in [0, 0.1) is 0 Å². The quantitative estimate of drug-likeness (QED) is 0.375. The number of pyridine rings is 1. The highest BCUT2D eigenvalue weighted by Gasteiger charge is 2.24. The molecule has 1 atom stereocenters. The van der Waals surface area contributed by atoms with Gasteiger partial charge in [0.15, 0.2) is 11.5 Å². The van der Waals surface area contributed by atoms with E-state index < -0.39 is 0 Å². The molecule has 1 saturated heterocycles. The number of nitrogens with one attached hydrogen (secondary N) is 2. The van der Waals surface area contributed by atoms with E-state index in [-0.39, 0.29) is 11.9 Å². The molecule has 3 heterocycles. The molecular weight excluding hydrogens is 430 g/mol. The first-order chi connectivity index (χ1) is 16.7. The average molecular weight is 456 g/mol. The van der Waals surface area contributed by atoms with Crippen LogP contribution in [0.3, 0.4) is 0 Å². The van der Waals surface area contributed by atoms with Crippen LogP contribution in [-0.4, -0.2) is 45.1 Å². The summed E-state index contributed by atoms with van der Waals surface area (Å²) >= 11 is 0. The standard InChI is InChI=1S/C26H25N5O3/c1-2-23(32)31-16-6-7-18(17-31)28-26-24-22(14-15-27-25(24)29-30-26)34-21-12-10-20(11-13-21)33-19-8-4-3-5-9-19/h2-5,8-15,18H,1,6-7,16-17H2,(H2,27,28,29,30)/t18-/m1/s1. The Bertz CT molecular complexity index is 1290. The fourth-order valence-electron chi connectivity index (χ4n) is 4.06. The van der Waals surface area contributed by atoms with Gasteiger partial charge in [0, 0.05) is 31.4 Å². The second-order valence-corrected chi connectivity index (χ2v) is 8.07. The molecule has 1 fully saturated rings. The molecule has 1 amide bonds. The molecule has 0 spiro atoms. The van der Waals surface area contributed by atoms with Gasteiger partial charge in [0.25, 0.3) is 0 Å². The number of H-pyrrole nitrogens is 1. The topological polar surface area (TPSA) is 92.4 Å². The fourth-order valence-corrected chi connectivity index (χ4v) is 4.06. The first-order valence-electron chi connectivity index (χ1n) is 11.2. The second kappa shape index (κ2) is 9.66. The number of benzene rings is 2. The zero-order valence-corrected chi connectivity index (χ0v) is 18.6. The number of para-hydroxylation sites is 1. The molecule has 172 valence electrons. The number of carbonyl (C=O) groups excluding carboxylic acids is 1. The lowest BCUT2D eigenvalue weighted by Crippen LogP contribution is -2.44. The number of carbonyl (C=O) groups is 1. The van der Waals surface area contributed by atoms with E-state index in [1.54, 1.807) is 11.1 Å². The third-order valence-electron chi connectivity index (χ3n) is 5.70. The van der Waals surface area contributed by atoms with Crippen LogP contribution >= 0.6 is 0 Å². The van der Waals surface area contributed by atoms with Crippen LogP contribution in [0.4, 0.5) is 5.82 Å². The predicted molar refractivity (Wildman–Crippen MR) is 130 cm³/mol.